The molecule has 0 aliphatic carbocycles. The number of hydrogen-bond donors (Lipinski definition) is 2. The first-order chi connectivity index (χ1) is 12.7. The summed E-state index contributed by atoms with van der Waals surface area (Å²) in [5.41, 5.74) is 5.80. The van der Waals surface area contributed by atoms with Gasteiger partial charge >= 0.3 is 16.2 Å². The van der Waals surface area contributed by atoms with E-state index in [1.54, 1.807) is 24.3 Å². The molecule has 0 heterocycles. The third kappa shape index (κ3) is 5.60. The predicted molar refractivity (Wildman–Crippen MR) is 98.3 cm³/mol. The van der Waals surface area contributed by atoms with Gasteiger partial charge in [-0.3, -0.25) is 4.79 Å². The SMILES string of the molecule is COc1ccc(Cl)cc1C(=O)NCCc1ccc(S(=O)(=O)OC(N)=O)cc1. The van der Waals surface area contributed by atoms with Crippen molar-refractivity contribution in [3.8, 4) is 5.75 Å². The van der Waals surface area contributed by atoms with E-state index in [2.05, 4.69) is 9.50 Å². The Kier molecular flexibility index (Phi) is 6.65. The fourth-order valence-corrected chi connectivity index (χ4v) is 3.21. The van der Waals surface area contributed by atoms with E-state index >= 15 is 0 Å². The molecule has 2 amide bonds. The van der Waals surface area contributed by atoms with Crippen LogP contribution >= 0.6 is 11.6 Å². The van der Waals surface area contributed by atoms with Gasteiger partial charge in [0, 0.05) is 11.6 Å². The second-order valence-corrected chi connectivity index (χ2v) is 7.33. The van der Waals surface area contributed by atoms with Gasteiger partial charge in [0.2, 0.25) is 0 Å². The number of methoxy groups -OCH3 is 1. The number of carbonyl (C=O) groups excluding carboxylic acids is 2. The number of ether oxygens (including phenoxy) is 1. The summed E-state index contributed by atoms with van der Waals surface area (Å²) in [4.78, 5) is 22.7. The maximum atomic E-state index is 12.3. The summed E-state index contributed by atoms with van der Waals surface area (Å²) in [6, 6.07) is 10.4. The van der Waals surface area contributed by atoms with Crippen LogP contribution in [0.3, 0.4) is 0 Å². The van der Waals surface area contributed by atoms with Crippen molar-refractivity contribution < 1.29 is 26.9 Å². The minimum atomic E-state index is -4.23. The van der Waals surface area contributed by atoms with Crippen LogP contribution in [0.15, 0.2) is 47.4 Å². The Morgan fingerprint density at radius 3 is 2.41 bits per heavy atom. The molecule has 0 fully saturated rings. The molecule has 0 saturated carbocycles. The first kappa shape index (κ1) is 20.5. The van der Waals surface area contributed by atoms with Crippen LogP contribution in [0.5, 0.6) is 5.75 Å². The van der Waals surface area contributed by atoms with E-state index in [1.165, 1.54) is 25.3 Å². The number of amides is 2. The van der Waals surface area contributed by atoms with Crippen molar-refractivity contribution in [1.82, 2.24) is 5.32 Å². The van der Waals surface area contributed by atoms with Gasteiger partial charge in [0.05, 0.1) is 12.7 Å². The van der Waals surface area contributed by atoms with Crippen molar-refractivity contribution in [1.29, 1.82) is 0 Å². The number of halogens is 1. The lowest BCUT2D eigenvalue weighted by Gasteiger charge is -2.10. The molecule has 27 heavy (non-hydrogen) atoms. The van der Waals surface area contributed by atoms with E-state index in [-0.39, 0.29) is 10.8 Å². The molecular formula is C17H17ClN2O6S. The maximum absolute atomic E-state index is 12.3. The molecule has 3 N–H and O–H groups in total. The highest BCUT2D eigenvalue weighted by Crippen LogP contribution is 2.22. The van der Waals surface area contributed by atoms with Crippen molar-refractivity contribution >= 4 is 33.7 Å². The van der Waals surface area contributed by atoms with Crippen LogP contribution in [0.2, 0.25) is 5.02 Å². The summed E-state index contributed by atoms with van der Waals surface area (Å²) in [6.45, 7) is 0.304. The molecule has 0 atom stereocenters. The van der Waals surface area contributed by atoms with Gasteiger partial charge in [0.15, 0.2) is 0 Å². The molecule has 0 aromatic heterocycles. The topological polar surface area (TPSA) is 125 Å². The summed E-state index contributed by atoms with van der Waals surface area (Å²) in [6.07, 6.45) is -0.954. The van der Waals surface area contributed by atoms with Gasteiger partial charge in [-0.05, 0) is 42.3 Å². The van der Waals surface area contributed by atoms with Crippen LogP contribution in [0.1, 0.15) is 15.9 Å². The fraction of sp³-hybridized carbons (Fsp3) is 0.176. The average molecular weight is 413 g/mol. The van der Waals surface area contributed by atoms with Gasteiger partial charge in [0.25, 0.3) is 5.91 Å². The monoisotopic (exact) mass is 412 g/mol. The van der Waals surface area contributed by atoms with Crippen molar-refractivity contribution in [3.05, 3.63) is 58.6 Å². The Hall–Kier alpha value is -2.78. The van der Waals surface area contributed by atoms with Crippen LogP contribution in [0.25, 0.3) is 0 Å². The van der Waals surface area contributed by atoms with E-state index in [0.29, 0.717) is 29.3 Å². The van der Waals surface area contributed by atoms with Gasteiger partial charge in [-0.2, -0.15) is 8.42 Å². The van der Waals surface area contributed by atoms with Crippen molar-refractivity contribution in [3.63, 3.8) is 0 Å². The third-order valence-electron chi connectivity index (χ3n) is 3.51. The lowest BCUT2D eigenvalue weighted by Crippen LogP contribution is -2.26. The average Bonchev–Trinajstić information content (AvgIpc) is 2.61. The molecule has 2 rings (SSSR count). The molecule has 144 valence electrons. The lowest BCUT2D eigenvalue weighted by molar-refractivity contribution is 0.0951. The molecule has 8 nitrogen and oxygen atoms in total. The second kappa shape index (κ2) is 8.74. The van der Waals surface area contributed by atoms with Crippen LogP contribution in [-0.2, 0) is 20.7 Å². The number of nitrogens with one attached hydrogen (secondary N) is 1. The maximum Gasteiger partial charge on any atom is 0.420 e. The fourth-order valence-electron chi connectivity index (χ4n) is 2.25. The van der Waals surface area contributed by atoms with Crippen LogP contribution in [-0.4, -0.2) is 34.1 Å². The summed E-state index contributed by atoms with van der Waals surface area (Å²) in [7, 11) is -2.77. The smallest absolute Gasteiger partial charge is 0.420 e. The summed E-state index contributed by atoms with van der Waals surface area (Å²) in [5.74, 6) is 0.0596. The van der Waals surface area contributed by atoms with E-state index < -0.39 is 16.2 Å². The normalized spacial score (nSPS) is 10.9. The molecule has 0 aliphatic heterocycles. The molecule has 2 aromatic rings. The number of nitrogens with two attached hydrogens (primary N) is 1. The number of hydrogen-bond acceptors (Lipinski definition) is 6. The van der Waals surface area contributed by atoms with Crippen molar-refractivity contribution in [2.75, 3.05) is 13.7 Å². The van der Waals surface area contributed by atoms with Crippen molar-refractivity contribution in [2.24, 2.45) is 5.73 Å². The number of rotatable bonds is 7. The zero-order chi connectivity index (χ0) is 20.0. The third-order valence-corrected chi connectivity index (χ3v) is 4.98. The van der Waals surface area contributed by atoms with Gasteiger partial charge in [-0.15, -0.1) is 0 Å². The Morgan fingerprint density at radius 2 is 1.81 bits per heavy atom. The number of carbonyl (C=O) groups is 2. The minimum absolute atomic E-state index is 0.197. The van der Waals surface area contributed by atoms with E-state index in [9.17, 15) is 18.0 Å². The van der Waals surface area contributed by atoms with Crippen LogP contribution in [0, 0.1) is 0 Å². The molecule has 0 saturated heterocycles. The highest BCUT2D eigenvalue weighted by molar-refractivity contribution is 7.87. The Bertz CT molecular complexity index is 944. The summed E-state index contributed by atoms with van der Waals surface area (Å²) < 4.78 is 32.6. The minimum Gasteiger partial charge on any atom is -0.496 e. The van der Waals surface area contributed by atoms with E-state index in [4.69, 9.17) is 22.1 Å². The molecule has 2 aromatic carbocycles. The highest BCUT2D eigenvalue weighted by atomic mass is 35.5. The Labute approximate surface area is 161 Å². The summed E-state index contributed by atoms with van der Waals surface area (Å²) in [5, 5.41) is 3.15. The molecular weight excluding hydrogens is 396 g/mol. The summed E-state index contributed by atoms with van der Waals surface area (Å²) >= 11 is 5.91. The van der Waals surface area contributed by atoms with Gasteiger partial charge in [-0.25, -0.2) is 4.79 Å². The van der Waals surface area contributed by atoms with Crippen molar-refractivity contribution in [2.45, 2.75) is 11.3 Å². The van der Waals surface area contributed by atoms with Gasteiger partial charge < -0.3 is 20.0 Å². The molecule has 0 aliphatic rings. The molecule has 0 radical (unpaired) electrons. The lowest BCUT2D eigenvalue weighted by atomic mass is 10.1. The largest absolute Gasteiger partial charge is 0.496 e. The number of primary amides is 1. The van der Waals surface area contributed by atoms with E-state index in [0.717, 1.165) is 5.56 Å². The zero-order valence-electron chi connectivity index (χ0n) is 14.3. The molecule has 0 bridgehead atoms. The predicted octanol–water partition coefficient (Wildman–Crippen LogP) is 2.11. The Morgan fingerprint density at radius 1 is 1.15 bits per heavy atom. The first-order valence-electron chi connectivity index (χ1n) is 7.67. The van der Waals surface area contributed by atoms with Gasteiger partial charge in [-0.1, -0.05) is 23.7 Å². The van der Waals surface area contributed by atoms with Crippen LogP contribution in [0.4, 0.5) is 4.79 Å². The molecule has 0 spiro atoms. The second-order valence-electron chi connectivity index (χ2n) is 5.35. The van der Waals surface area contributed by atoms with Crippen LogP contribution < -0.4 is 15.8 Å². The number of benzene rings is 2. The molecule has 10 heteroatoms. The zero-order valence-corrected chi connectivity index (χ0v) is 15.8. The molecule has 0 unspecified atom stereocenters. The standard InChI is InChI=1S/C17H17ClN2O6S/c1-25-15-7-4-12(18)10-14(15)16(21)20-9-8-11-2-5-13(6-3-11)27(23,24)26-17(19)22/h2-7,10H,8-9H2,1H3,(H2,19,22)(H,20,21). The van der Waals surface area contributed by atoms with Gasteiger partial charge in [0.1, 0.15) is 10.6 Å². The Balaban J connectivity index is 1.97. The highest BCUT2D eigenvalue weighted by Gasteiger charge is 2.18. The first-order valence-corrected chi connectivity index (χ1v) is 9.46. The quantitative estimate of drug-likeness (QED) is 0.671. The van der Waals surface area contributed by atoms with E-state index in [1.807, 2.05) is 0 Å².